The molecule has 0 saturated carbocycles. The van der Waals surface area contributed by atoms with E-state index < -0.39 is 0 Å². The van der Waals surface area contributed by atoms with Crippen molar-refractivity contribution in [2.45, 2.75) is 26.4 Å². The fourth-order valence-electron chi connectivity index (χ4n) is 1.67. The molecule has 0 N–H and O–H groups in total. The molecule has 1 saturated heterocycles. The molecule has 0 radical (unpaired) electrons. The molecule has 0 aliphatic carbocycles. The molecule has 1 fully saturated rings. The van der Waals surface area contributed by atoms with E-state index in [0.717, 1.165) is 45.8 Å². The van der Waals surface area contributed by atoms with E-state index in [1.165, 1.54) is 0 Å². The molecule has 1 heterocycles. The molecule has 0 aromatic carbocycles. The van der Waals surface area contributed by atoms with E-state index in [2.05, 4.69) is 18.7 Å². The van der Waals surface area contributed by atoms with Crippen molar-refractivity contribution in [2.75, 3.05) is 39.3 Å². The van der Waals surface area contributed by atoms with Crippen molar-refractivity contribution in [3.05, 3.63) is 0 Å². The first-order valence-corrected chi connectivity index (χ1v) is 5.69. The first-order chi connectivity index (χ1) is 7.22. The summed E-state index contributed by atoms with van der Waals surface area (Å²) in [5, 5.41) is 0. The van der Waals surface area contributed by atoms with Gasteiger partial charge in [-0.3, -0.25) is 4.90 Å². The van der Waals surface area contributed by atoms with Gasteiger partial charge in [0.1, 0.15) is 0 Å². The summed E-state index contributed by atoms with van der Waals surface area (Å²) < 4.78 is 5.48. The standard InChI is InChI=1S/C11H21N2O2.K/c1-11(2)15-9-3-4-12-5-7-13(10-14)8-6-12;/h11H,3-9H2,1-2H3;/q-1;+1. The average molecular weight is 252 g/mol. The Morgan fingerprint density at radius 2 is 1.88 bits per heavy atom. The van der Waals surface area contributed by atoms with Gasteiger partial charge >= 0.3 is 51.4 Å². The van der Waals surface area contributed by atoms with Crippen molar-refractivity contribution < 1.29 is 60.9 Å². The number of nitrogens with zero attached hydrogens (tertiary/aromatic N) is 2. The number of rotatable bonds is 6. The van der Waals surface area contributed by atoms with E-state index in [9.17, 15) is 4.79 Å². The Labute approximate surface area is 141 Å². The van der Waals surface area contributed by atoms with Crippen molar-refractivity contribution in [2.24, 2.45) is 0 Å². The molecule has 5 heteroatoms. The van der Waals surface area contributed by atoms with Crippen LogP contribution in [0, 0.1) is 0 Å². The minimum absolute atomic E-state index is 0. The number of ether oxygens (including phenoxy) is 1. The van der Waals surface area contributed by atoms with Gasteiger partial charge in [0.2, 0.25) is 0 Å². The number of hydrogen-bond donors (Lipinski definition) is 0. The van der Waals surface area contributed by atoms with E-state index in [0.29, 0.717) is 6.10 Å². The molecule has 1 aliphatic heterocycles. The molecule has 0 aromatic rings. The van der Waals surface area contributed by atoms with Gasteiger partial charge in [-0.2, -0.15) is 6.41 Å². The first-order valence-electron chi connectivity index (χ1n) is 5.69. The monoisotopic (exact) mass is 252 g/mol. The van der Waals surface area contributed by atoms with Gasteiger partial charge in [-0.05, 0) is 20.3 Å². The molecule has 1 aliphatic rings. The van der Waals surface area contributed by atoms with Crippen molar-refractivity contribution >= 4 is 6.41 Å². The predicted octanol–water partition coefficient (Wildman–Crippen LogP) is -2.51. The Kier molecular flexibility index (Phi) is 10.6. The van der Waals surface area contributed by atoms with Crippen LogP contribution in [0.25, 0.3) is 0 Å². The Morgan fingerprint density at radius 3 is 2.38 bits per heavy atom. The zero-order chi connectivity index (χ0) is 11.1. The van der Waals surface area contributed by atoms with Crippen LogP contribution in [0.1, 0.15) is 20.3 Å². The third-order valence-electron chi connectivity index (χ3n) is 2.57. The molecule has 16 heavy (non-hydrogen) atoms. The summed E-state index contributed by atoms with van der Waals surface area (Å²) in [6.07, 6.45) is 3.34. The largest absolute Gasteiger partial charge is 1.00 e. The quantitative estimate of drug-likeness (QED) is 0.297. The molecule has 1 amide bonds. The zero-order valence-electron chi connectivity index (χ0n) is 10.7. The van der Waals surface area contributed by atoms with Gasteiger partial charge in [-0.1, -0.05) is 0 Å². The van der Waals surface area contributed by atoms with Gasteiger partial charge in [-0.15, -0.1) is 0 Å². The maximum atomic E-state index is 10.4. The maximum Gasteiger partial charge on any atom is 1.00 e. The molecule has 4 nitrogen and oxygen atoms in total. The van der Waals surface area contributed by atoms with E-state index in [-0.39, 0.29) is 51.4 Å². The normalized spacial score (nSPS) is 17.3. The third kappa shape index (κ3) is 7.37. The summed E-state index contributed by atoms with van der Waals surface area (Å²) in [5.74, 6) is 0. The fourth-order valence-corrected chi connectivity index (χ4v) is 1.67. The molecule has 0 spiro atoms. The Bertz CT molecular complexity index is 183. The topological polar surface area (TPSA) is 32.8 Å². The summed E-state index contributed by atoms with van der Waals surface area (Å²) in [4.78, 5) is 14.4. The van der Waals surface area contributed by atoms with Crippen LogP contribution in [-0.4, -0.2) is 61.6 Å². The molecule has 0 unspecified atom stereocenters. The predicted molar refractivity (Wildman–Crippen MR) is 59.4 cm³/mol. The van der Waals surface area contributed by atoms with Crippen LogP contribution in [0.15, 0.2) is 0 Å². The molecule has 1 rings (SSSR count). The number of amides is 1. The van der Waals surface area contributed by atoms with Crippen LogP contribution in [0.3, 0.4) is 0 Å². The number of hydrogen-bond acceptors (Lipinski definition) is 3. The van der Waals surface area contributed by atoms with Gasteiger partial charge in [-0.25, -0.2) is 0 Å². The summed E-state index contributed by atoms with van der Waals surface area (Å²) >= 11 is 0. The third-order valence-corrected chi connectivity index (χ3v) is 2.57. The maximum absolute atomic E-state index is 10.4. The van der Waals surface area contributed by atoms with E-state index in [4.69, 9.17) is 4.74 Å². The van der Waals surface area contributed by atoms with Crippen molar-refractivity contribution in [1.82, 2.24) is 9.80 Å². The van der Waals surface area contributed by atoms with Crippen molar-refractivity contribution in [3.63, 3.8) is 0 Å². The second kappa shape index (κ2) is 10.00. The SMILES string of the molecule is CC(C)OCCCN1CCN([C-]=O)CC1.[K+]. The minimum atomic E-state index is 0. The van der Waals surface area contributed by atoms with E-state index in [1.54, 1.807) is 4.90 Å². The van der Waals surface area contributed by atoms with Crippen LogP contribution >= 0.6 is 0 Å². The fraction of sp³-hybridized carbons (Fsp3) is 0.909. The molecule has 0 atom stereocenters. The minimum Gasteiger partial charge on any atom is -0.520 e. The van der Waals surface area contributed by atoms with Crippen molar-refractivity contribution in [1.29, 1.82) is 0 Å². The average Bonchev–Trinajstić information content (AvgIpc) is 2.25. The molecule has 0 bridgehead atoms. The second-order valence-corrected chi connectivity index (χ2v) is 4.19. The van der Waals surface area contributed by atoms with Gasteiger partial charge in [0.15, 0.2) is 0 Å². The van der Waals surface area contributed by atoms with Crippen LogP contribution in [-0.2, 0) is 9.53 Å². The van der Waals surface area contributed by atoms with Crippen LogP contribution in [0.2, 0.25) is 0 Å². The summed E-state index contributed by atoms with van der Waals surface area (Å²) in [7, 11) is 0. The first kappa shape index (κ1) is 17.0. The van der Waals surface area contributed by atoms with Crippen LogP contribution in [0.5, 0.6) is 0 Å². The van der Waals surface area contributed by atoms with Gasteiger partial charge in [0.05, 0.1) is 6.10 Å². The summed E-state index contributed by atoms with van der Waals surface area (Å²) in [6.45, 7) is 9.57. The van der Waals surface area contributed by atoms with E-state index >= 15 is 0 Å². The van der Waals surface area contributed by atoms with Crippen molar-refractivity contribution in [3.8, 4) is 0 Å². The smallest absolute Gasteiger partial charge is 0.520 e. The Morgan fingerprint density at radius 1 is 1.25 bits per heavy atom. The van der Waals surface area contributed by atoms with Gasteiger partial charge < -0.3 is 14.4 Å². The summed E-state index contributed by atoms with van der Waals surface area (Å²) in [6, 6.07) is 0. The van der Waals surface area contributed by atoms with Crippen LogP contribution in [0.4, 0.5) is 0 Å². The Balaban J connectivity index is 0.00000225. The number of carbonyl (C=O) groups excluding carboxylic acids is 1. The van der Waals surface area contributed by atoms with Gasteiger partial charge in [0.25, 0.3) is 0 Å². The summed E-state index contributed by atoms with van der Waals surface area (Å²) in [5.41, 5.74) is 0. The Hall–Kier alpha value is 1.03. The second-order valence-electron chi connectivity index (χ2n) is 4.19. The molecular weight excluding hydrogens is 231 g/mol. The molecule has 0 aromatic heterocycles. The van der Waals surface area contributed by atoms with E-state index in [1.807, 2.05) is 6.41 Å². The van der Waals surface area contributed by atoms with Crippen LogP contribution < -0.4 is 51.4 Å². The molecule has 88 valence electrons. The zero-order valence-corrected chi connectivity index (χ0v) is 13.9. The van der Waals surface area contributed by atoms with Gasteiger partial charge in [0, 0.05) is 39.3 Å². The number of piperazine rings is 1. The molecular formula is C11H21KN2O2.